The third-order valence-electron chi connectivity index (χ3n) is 3.87. The molecule has 0 radical (unpaired) electrons. The first-order valence-corrected chi connectivity index (χ1v) is 7.18. The van der Waals surface area contributed by atoms with Gasteiger partial charge in [0.15, 0.2) is 0 Å². The predicted octanol–water partition coefficient (Wildman–Crippen LogP) is 4.62. The van der Waals surface area contributed by atoms with Gasteiger partial charge in [0, 0.05) is 11.1 Å². The highest BCUT2D eigenvalue weighted by atomic mass is 35.5. The van der Waals surface area contributed by atoms with E-state index >= 15 is 0 Å². The van der Waals surface area contributed by atoms with E-state index in [1.54, 1.807) is 0 Å². The van der Waals surface area contributed by atoms with Crippen molar-refractivity contribution in [1.29, 1.82) is 0 Å². The fourth-order valence-corrected chi connectivity index (χ4v) is 3.14. The second-order valence-electron chi connectivity index (χ2n) is 5.05. The summed E-state index contributed by atoms with van der Waals surface area (Å²) in [4.78, 5) is 0. The number of hydrogen-bond donors (Lipinski definition) is 1. The summed E-state index contributed by atoms with van der Waals surface area (Å²) in [5, 5.41) is 4.17. The van der Waals surface area contributed by atoms with Crippen LogP contribution in [0, 0.1) is 11.7 Å². The molecule has 0 heterocycles. The maximum Gasteiger partial charge on any atom is 0.142 e. The summed E-state index contributed by atoms with van der Waals surface area (Å²) >= 11 is 11.9. The molecule has 1 aromatic carbocycles. The van der Waals surface area contributed by atoms with Crippen LogP contribution in [0.4, 0.5) is 4.39 Å². The Labute approximate surface area is 118 Å². The van der Waals surface area contributed by atoms with Crippen LogP contribution < -0.4 is 5.32 Å². The average molecular weight is 290 g/mol. The Morgan fingerprint density at radius 2 is 2.06 bits per heavy atom. The van der Waals surface area contributed by atoms with Crippen molar-refractivity contribution in [3.05, 3.63) is 33.6 Å². The largest absolute Gasteiger partial charge is 0.314 e. The van der Waals surface area contributed by atoms with Crippen molar-refractivity contribution in [1.82, 2.24) is 5.32 Å². The molecule has 1 aliphatic rings. The number of rotatable bonds is 4. The summed E-state index contributed by atoms with van der Waals surface area (Å²) in [6, 6.07) is 3.51. The standard InChI is InChI=1S/C14H18Cl2FN/c1-3-4-18-14-6-9(8(14)2)10-5-13(17)12(16)7-11(10)15/h5,7-9,14,18H,3-4,6H2,1-2H3. The van der Waals surface area contributed by atoms with Gasteiger partial charge in [-0.2, -0.15) is 0 Å². The lowest BCUT2D eigenvalue weighted by Crippen LogP contribution is -2.48. The first kappa shape index (κ1) is 14.1. The number of benzene rings is 1. The molecule has 1 fully saturated rings. The van der Waals surface area contributed by atoms with Gasteiger partial charge in [0.1, 0.15) is 5.82 Å². The van der Waals surface area contributed by atoms with E-state index in [1.165, 1.54) is 12.1 Å². The van der Waals surface area contributed by atoms with Gasteiger partial charge in [-0.05, 0) is 48.9 Å². The molecule has 0 saturated heterocycles. The normalized spacial score (nSPS) is 27.1. The van der Waals surface area contributed by atoms with Gasteiger partial charge in [-0.3, -0.25) is 0 Å². The number of nitrogens with one attached hydrogen (secondary N) is 1. The van der Waals surface area contributed by atoms with E-state index in [0.717, 1.165) is 24.9 Å². The number of halogens is 3. The van der Waals surface area contributed by atoms with Crippen molar-refractivity contribution in [2.75, 3.05) is 6.54 Å². The molecule has 0 spiro atoms. The maximum atomic E-state index is 13.5. The highest BCUT2D eigenvalue weighted by molar-refractivity contribution is 6.35. The zero-order chi connectivity index (χ0) is 13.3. The molecule has 1 saturated carbocycles. The second-order valence-corrected chi connectivity index (χ2v) is 5.86. The lowest BCUT2D eigenvalue weighted by Gasteiger charge is -2.44. The fraction of sp³-hybridized carbons (Fsp3) is 0.571. The van der Waals surface area contributed by atoms with E-state index in [-0.39, 0.29) is 10.8 Å². The van der Waals surface area contributed by atoms with Gasteiger partial charge >= 0.3 is 0 Å². The summed E-state index contributed by atoms with van der Waals surface area (Å²) in [5.41, 5.74) is 0.889. The number of hydrogen-bond acceptors (Lipinski definition) is 1. The highest BCUT2D eigenvalue weighted by Crippen LogP contribution is 2.45. The van der Waals surface area contributed by atoms with Crippen LogP contribution in [0.5, 0.6) is 0 Å². The first-order chi connectivity index (χ1) is 8.54. The summed E-state index contributed by atoms with van der Waals surface area (Å²) < 4.78 is 13.5. The molecule has 0 aliphatic heterocycles. The van der Waals surface area contributed by atoms with E-state index in [2.05, 4.69) is 19.2 Å². The molecule has 1 nitrogen and oxygen atoms in total. The summed E-state index contributed by atoms with van der Waals surface area (Å²) in [6.07, 6.45) is 2.15. The summed E-state index contributed by atoms with van der Waals surface area (Å²) in [7, 11) is 0. The fourth-order valence-electron chi connectivity index (χ4n) is 2.62. The molecule has 1 aliphatic carbocycles. The van der Waals surface area contributed by atoms with Crippen LogP contribution in [0.25, 0.3) is 0 Å². The minimum atomic E-state index is -0.381. The molecule has 1 N–H and O–H groups in total. The molecule has 1 aromatic rings. The van der Waals surface area contributed by atoms with Crippen molar-refractivity contribution < 1.29 is 4.39 Å². The van der Waals surface area contributed by atoms with Crippen molar-refractivity contribution in [3.63, 3.8) is 0 Å². The van der Waals surface area contributed by atoms with Gasteiger partial charge in [0.05, 0.1) is 5.02 Å². The Kier molecular flexibility index (Phi) is 4.52. The zero-order valence-electron chi connectivity index (χ0n) is 10.6. The van der Waals surface area contributed by atoms with Crippen molar-refractivity contribution in [2.24, 2.45) is 5.92 Å². The molecular formula is C14H18Cl2FN. The molecule has 2 rings (SSSR count). The quantitative estimate of drug-likeness (QED) is 0.798. The van der Waals surface area contributed by atoms with Gasteiger partial charge < -0.3 is 5.32 Å². The highest BCUT2D eigenvalue weighted by Gasteiger charge is 2.39. The minimum absolute atomic E-state index is 0.0939. The van der Waals surface area contributed by atoms with Gasteiger partial charge in [-0.15, -0.1) is 0 Å². The van der Waals surface area contributed by atoms with E-state index in [4.69, 9.17) is 23.2 Å². The Balaban J connectivity index is 2.08. The van der Waals surface area contributed by atoms with Gasteiger partial charge in [0.25, 0.3) is 0 Å². The summed E-state index contributed by atoms with van der Waals surface area (Å²) in [6.45, 7) is 5.37. The Hall–Kier alpha value is -0.310. The van der Waals surface area contributed by atoms with Crippen molar-refractivity contribution in [3.8, 4) is 0 Å². The van der Waals surface area contributed by atoms with Crippen LogP contribution in [0.3, 0.4) is 0 Å². The Morgan fingerprint density at radius 1 is 1.33 bits per heavy atom. The molecule has 0 aromatic heterocycles. The lowest BCUT2D eigenvalue weighted by atomic mass is 9.67. The molecule has 3 atom stereocenters. The van der Waals surface area contributed by atoms with E-state index in [1.807, 2.05) is 0 Å². The maximum absolute atomic E-state index is 13.5. The molecule has 18 heavy (non-hydrogen) atoms. The smallest absolute Gasteiger partial charge is 0.142 e. The van der Waals surface area contributed by atoms with Crippen LogP contribution in [0.2, 0.25) is 10.0 Å². The SMILES string of the molecule is CCCNC1CC(c2cc(F)c(Cl)cc2Cl)C1C. The third kappa shape index (κ3) is 2.66. The molecule has 0 bridgehead atoms. The van der Waals surface area contributed by atoms with Crippen LogP contribution >= 0.6 is 23.2 Å². The van der Waals surface area contributed by atoms with E-state index < -0.39 is 0 Å². The molecule has 3 unspecified atom stereocenters. The summed E-state index contributed by atoms with van der Waals surface area (Å²) in [5.74, 6) is 0.432. The Morgan fingerprint density at radius 3 is 2.67 bits per heavy atom. The van der Waals surface area contributed by atoms with E-state index in [9.17, 15) is 4.39 Å². The van der Waals surface area contributed by atoms with Gasteiger partial charge in [-0.1, -0.05) is 37.0 Å². The van der Waals surface area contributed by atoms with E-state index in [0.29, 0.717) is 22.9 Å². The topological polar surface area (TPSA) is 12.0 Å². The van der Waals surface area contributed by atoms with Crippen LogP contribution in [-0.2, 0) is 0 Å². The minimum Gasteiger partial charge on any atom is -0.314 e. The zero-order valence-corrected chi connectivity index (χ0v) is 12.2. The van der Waals surface area contributed by atoms with Crippen LogP contribution in [-0.4, -0.2) is 12.6 Å². The average Bonchev–Trinajstić information content (AvgIpc) is 2.33. The van der Waals surface area contributed by atoms with Gasteiger partial charge in [-0.25, -0.2) is 4.39 Å². The van der Waals surface area contributed by atoms with Crippen LogP contribution in [0.15, 0.2) is 12.1 Å². The monoisotopic (exact) mass is 289 g/mol. The first-order valence-electron chi connectivity index (χ1n) is 6.42. The predicted molar refractivity (Wildman–Crippen MR) is 75.0 cm³/mol. The van der Waals surface area contributed by atoms with Crippen LogP contribution in [0.1, 0.15) is 38.2 Å². The van der Waals surface area contributed by atoms with Gasteiger partial charge in [0.2, 0.25) is 0 Å². The van der Waals surface area contributed by atoms with Crippen molar-refractivity contribution >= 4 is 23.2 Å². The molecule has 0 amide bonds. The lowest BCUT2D eigenvalue weighted by molar-refractivity contribution is 0.184. The molecule has 100 valence electrons. The third-order valence-corrected chi connectivity index (χ3v) is 4.49. The molecular weight excluding hydrogens is 272 g/mol. The second kappa shape index (κ2) is 5.77. The van der Waals surface area contributed by atoms with Crippen molar-refractivity contribution in [2.45, 2.75) is 38.6 Å². The Bertz CT molecular complexity index is 436. The molecule has 4 heteroatoms.